The van der Waals surface area contributed by atoms with Gasteiger partial charge in [0.15, 0.2) is 0 Å². The number of benzene rings is 1. The van der Waals surface area contributed by atoms with E-state index in [1.54, 1.807) is 12.3 Å². The number of halogens is 1. The molecular weight excluding hydrogens is 540 g/mol. The van der Waals surface area contributed by atoms with Gasteiger partial charge in [0.05, 0.1) is 13.2 Å². The average molecular weight is 578 g/mol. The van der Waals surface area contributed by atoms with Gasteiger partial charge in [0.2, 0.25) is 10.0 Å². The summed E-state index contributed by atoms with van der Waals surface area (Å²) in [6, 6.07) is 11.9. The van der Waals surface area contributed by atoms with Crippen LogP contribution in [-0.2, 0) is 14.8 Å². The number of piperidine rings is 1. The van der Waals surface area contributed by atoms with Crippen molar-refractivity contribution in [3.63, 3.8) is 0 Å². The van der Waals surface area contributed by atoms with Gasteiger partial charge in [-0.1, -0.05) is 43.7 Å². The standard InChI is InChI=1S/C27H37BrN4O3S/c1-27(20-31-14-16-35-17-15-31)10-12-32(13-11-27)26-25(18-22(28)19-29-26)36(33,34)30-24-9-5-8-23(24)21-6-3-2-4-7-21/h2-4,6-7,18-19,23-24,30H,5,8-17,20H2,1H3. The lowest BCUT2D eigenvalue weighted by molar-refractivity contribution is 0.0142. The van der Waals surface area contributed by atoms with Crippen molar-refractivity contribution in [2.75, 3.05) is 50.8 Å². The molecule has 2 saturated heterocycles. The van der Waals surface area contributed by atoms with Crippen LogP contribution in [-0.4, -0.2) is 70.3 Å². The predicted octanol–water partition coefficient (Wildman–Crippen LogP) is 4.40. The van der Waals surface area contributed by atoms with Crippen molar-refractivity contribution in [1.82, 2.24) is 14.6 Å². The third-order valence-electron chi connectivity index (χ3n) is 8.12. The fraction of sp³-hybridized carbons (Fsp3) is 0.593. The van der Waals surface area contributed by atoms with Crippen molar-refractivity contribution in [2.45, 2.75) is 55.9 Å². The number of rotatable bonds is 7. The SMILES string of the molecule is CC1(CN2CCOCC2)CCN(c2ncc(Br)cc2S(=O)(=O)NC2CCCC2c2ccccc2)CC1. The number of ether oxygens (including phenoxy) is 1. The zero-order chi connectivity index (χ0) is 25.2. The number of pyridine rings is 1. The second-order valence-electron chi connectivity index (χ2n) is 10.8. The molecule has 1 aliphatic carbocycles. The second kappa shape index (κ2) is 11.1. The number of sulfonamides is 1. The highest BCUT2D eigenvalue weighted by molar-refractivity contribution is 9.10. The molecule has 5 rings (SSSR count). The molecule has 3 heterocycles. The van der Waals surface area contributed by atoms with Crippen molar-refractivity contribution in [3.05, 3.63) is 52.6 Å². The van der Waals surface area contributed by atoms with Crippen LogP contribution in [0.2, 0.25) is 0 Å². The summed E-state index contributed by atoms with van der Waals surface area (Å²) in [5.74, 6) is 0.758. The number of nitrogens with zero attached hydrogens (tertiary/aromatic N) is 3. The number of hydrogen-bond donors (Lipinski definition) is 1. The summed E-state index contributed by atoms with van der Waals surface area (Å²) in [5.41, 5.74) is 1.42. The molecule has 3 aliphatic rings. The first-order valence-corrected chi connectivity index (χ1v) is 15.4. The Bertz CT molecular complexity index is 1130. The van der Waals surface area contributed by atoms with Gasteiger partial charge in [-0.05, 0) is 58.7 Å². The molecule has 1 aromatic heterocycles. The van der Waals surface area contributed by atoms with E-state index < -0.39 is 10.0 Å². The van der Waals surface area contributed by atoms with E-state index in [-0.39, 0.29) is 22.3 Å². The number of nitrogens with one attached hydrogen (secondary N) is 1. The van der Waals surface area contributed by atoms with Crippen LogP contribution in [0.25, 0.3) is 0 Å². The van der Waals surface area contributed by atoms with Crippen LogP contribution in [0.5, 0.6) is 0 Å². The Morgan fingerprint density at radius 2 is 1.83 bits per heavy atom. The van der Waals surface area contributed by atoms with Gasteiger partial charge in [-0.2, -0.15) is 0 Å². The fourth-order valence-corrected chi connectivity index (χ4v) is 8.02. The smallest absolute Gasteiger partial charge is 0.244 e. The molecule has 0 amide bonds. The summed E-state index contributed by atoms with van der Waals surface area (Å²) in [6.07, 6.45) is 6.58. The Morgan fingerprint density at radius 1 is 1.11 bits per heavy atom. The predicted molar refractivity (Wildman–Crippen MR) is 146 cm³/mol. The summed E-state index contributed by atoms with van der Waals surface area (Å²) in [6.45, 7) is 8.63. The topological polar surface area (TPSA) is 74.8 Å². The van der Waals surface area contributed by atoms with Crippen molar-refractivity contribution >= 4 is 31.8 Å². The van der Waals surface area contributed by atoms with Gasteiger partial charge in [-0.15, -0.1) is 0 Å². The Kier molecular flexibility index (Phi) is 8.03. The van der Waals surface area contributed by atoms with E-state index in [1.165, 1.54) is 5.56 Å². The van der Waals surface area contributed by atoms with Crippen molar-refractivity contribution in [2.24, 2.45) is 5.41 Å². The molecule has 196 valence electrons. The maximum atomic E-state index is 13.8. The molecule has 36 heavy (non-hydrogen) atoms. The van der Waals surface area contributed by atoms with Gasteiger partial charge in [0.25, 0.3) is 0 Å². The summed E-state index contributed by atoms with van der Waals surface area (Å²) in [7, 11) is -3.74. The highest BCUT2D eigenvalue weighted by Crippen LogP contribution is 2.38. The normalized spacial score (nSPS) is 25.2. The van der Waals surface area contributed by atoms with Crippen LogP contribution < -0.4 is 9.62 Å². The fourth-order valence-electron chi connectivity index (χ4n) is 6.03. The molecule has 7 nitrogen and oxygen atoms in total. The lowest BCUT2D eigenvalue weighted by Gasteiger charge is -2.43. The molecule has 2 atom stereocenters. The number of aromatic nitrogens is 1. The van der Waals surface area contributed by atoms with Crippen molar-refractivity contribution in [3.8, 4) is 0 Å². The van der Waals surface area contributed by atoms with Gasteiger partial charge in [0, 0.05) is 55.4 Å². The highest BCUT2D eigenvalue weighted by Gasteiger charge is 2.37. The van der Waals surface area contributed by atoms with E-state index in [1.807, 2.05) is 18.2 Å². The minimum Gasteiger partial charge on any atom is -0.379 e. The summed E-state index contributed by atoms with van der Waals surface area (Å²) >= 11 is 3.46. The van der Waals surface area contributed by atoms with Gasteiger partial charge in [0.1, 0.15) is 10.7 Å². The number of morpholine rings is 1. The Hall–Kier alpha value is -1.52. The van der Waals surface area contributed by atoms with E-state index in [0.29, 0.717) is 10.3 Å². The minimum absolute atomic E-state index is 0.109. The Balaban J connectivity index is 1.31. The molecule has 1 aromatic carbocycles. The van der Waals surface area contributed by atoms with Gasteiger partial charge in [-0.25, -0.2) is 18.1 Å². The van der Waals surface area contributed by atoms with Crippen LogP contribution in [0.15, 0.2) is 52.0 Å². The molecule has 0 bridgehead atoms. The molecule has 2 unspecified atom stereocenters. The zero-order valence-electron chi connectivity index (χ0n) is 21.0. The lowest BCUT2D eigenvalue weighted by Crippen LogP contribution is -2.48. The van der Waals surface area contributed by atoms with Gasteiger partial charge < -0.3 is 9.64 Å². The van der Waals surface area contributed by atoms with E-state index in [2.05, 4.69) is 54.5 Å². The maximum Gasteiger partial charge on any atom is 0.244 e. The van der Waals surface area contributed by atoms with Crippen LogP contribution in [0, 0.1) is 5.41 Å². The molecule has 0 radical (unpaired) electrons. The zero-order valence-corrected chi connectivity index (χ0v) is 23.4. The minimum atomic E-state index is -3.74. The Morgan fingerprint density at radius 3 is 2.56 bits per heavy atom. The third-order valence-corrected chi connectivity index (χ3v) is 10.0. The van der Waals surface area contributed by atoms with Gasteiger partial charge in [-0.3, -0.25) is 4.90 Å². The van der Waals surface area contributed by atoms with Crippen molar-refractivity contribution in [1.29, 1.82) is 0 Å². The number of hydrogen-bond acceptors (Lipinski definition) is 6. The molecule has 1 saturated carbocycles. The van der Waals surface area contributed by atoms with E-state index in [0.717, 1.165) is 78.0 Å². The summed E-state index contributed by atoms with van der Waals surface area (Å²) in [4.78, 5) is 9.55. The first-order valence-electron chi connectivity index (χ1n) is 13.1. The molecule has 2 aliphatic heterocycles. The largest absolute Gasteiger partial charge is 0.379 e. The summed E-state index contributed by atoms with van der Waals surface area (Å²) in [5, 5.41) is 0. The van der Waals surface area contributed by atoms with E-state index in [4.69, 9.17) is 4.74 Å². The first-order chi connectivity index (χ1) is 17.3. The maximum absolute atomic E-state index is 13.8. The first kappa shape index (κ1) is 26.1. The highest BCUT2D eigenvalue weighted by atomic mass is 79.9. The van der Waals surface area contributed by atoms with E-state index >= 15 is 0 Å². The van der Waals surface area contributed by atoms with Crippen LogP contribution in [0.4, 0.5) is 5.82 Å². The third kappa shape index (κ3) is 5.96. The van der Waals surface area contributed by atoms with Crippen LogP contribution in [0.3, 0.4) is 0 Å². The quantitative estimate of drug-likeness (QED) is 0.526. The molecule has 9 heteroatoms. The van der Waals surface area contributed by atoms with Crippen LogP contribution in [0.1, 0.15) is 50.5 Å². The summed E-state index contributed by atoms with van der Waals surface area (Å²) < 4.78 is 36.7. The average Bonchev–Trinajstić information content (AvgIpc) is 3.33. The van der Waals surface area contributed by atoms with E-state index in [9.17, 15) is 8.42 Å². The lowest BCUT2D eigenvalue weighted by atomic mass is 9.79. The monoisotopic (exact) mass is 576 g/mol. The molecule has 2 aromatic rings. The molecule has 0 spiro atoms. The van der Waals surface area contributed by atoms with Gasteiger partial charge >= 0.3 is 0 Å². The second-order valence-corrected chi connectivity index (χ2v) is 13.4. The van der Waals surface area contributed by atoms with Crippen molar-refractivity contribution < 1.29 is 13.2 Å². The molecule has 1 N–H and O–H groups in total. The number of anilines is 1. The molecular formula is C27H37BrN4O3S. The van der Waals surface area contributed by atoms with Crippen LogP contribution >= 0.6 is 15.9 Å². The Labute approximate surface area is 223 Å². The molecule has 3 fully saturated rings.